The zero-order valence-corrected chi connectivity index (χ0v) is 18.3. The minimum absolute atomic E-state index is 0.0916. The fourth-order valence-corrected chi connectivity index (χ4v) is 3.37. The van der Waals surface area contributed by atoms with Gasteiger partial charge in [-0.15, -0.1) is 0 Å². The Morgan fingerprint density at radius 2 is 1.72 bits per heavy atom. The molecule has 2 aromatic rings. The normalized spacial score (nSPS) is 15.8. The minimum atomic E-state index is -1.25. The molecule has 0 saturated heterocycles. The van der Waals surface area contributed by atoms with Crippen LogP contribution in [0.2, 0.25) is 0 Å². The molecular formula is C23H27FN4O4. The first-order chi connectivity index (χ1) is 15.5. The van der Waals surface area contributed by atoms with Gasteiger partial charge in [-0.3, -0.25) is 4.79 Å². The first-order valence-corrected chi connectivity index (χ1v) is 10.4. The lowest BCUT2D eigenvalue weighted by atomic mass is 10.00. The van der Waals surface area contributed by atoms with E-state index in [2.05, 4.69) is 15.6 Å². The number of amides is 3. The third-order valence-electron chi connectivity index (χ3n) is 4.87. The average Bonchev–Trinajstić information content (AvgIpc) is 2.89. The van der Waals surface area contributed by atoms with Crippen LogP contribution in [-0.2, 0) is 14.3 Å². The molecule has 32 heavy (non-hydrogen) atoms. The van der Waals surface area contributed by atoms with Crippen molar-refractivity contribution in [3.05, 3.63) is 65.5 Å². The summed E-state index contributed by atoms with van der Waals surface area (Å²) >= 11 is 0. The summed E-state index contributed by atoms with van der Waals surface area (Å²) in [5, 5.41) is 5.20. The molecule has 0 bridgehead atoms. The number of benzene rings is 2. The van der Waals surface area contributed by atoms with E-state index >= 15 is 0 Å². The molecule has 170 valence electrons. The molecule has 2 N–H and O–H groups in total. The van der Waals surface area contributed by atoms with Gasteiger partial charge in [-0.25, -0.2) is 14.2 Å². The largest absolute Gasteiger partial charge is 0.351 e. The number of nitrogens with zero attached hydrogens (tertiary/aromatic N) is 2. The highest BCUT2D eigenvalue weighted by molar-refractivity contribution is 6.20. The molecule has 1 heterocycles. The van der Waals surface area contributed by atoms with E-state index in [0.717, 1.165) is 0 Å². The first kappa shape index (κ1) is 23.4. The maximum absolute atomic E-state index is 14.6. The van der Waals surface area contributed by atoms with E-state index in [1.807, 2.05) is 13.8 Å². The molecule has 2 aromatic carbocycles. The number of carbonyl (C=O) groups excluding carboxylic acids is 2. The van der Waals surface area contributed by atoms with Crippen molar-refractivity contribution >= 4 is 23.3 Å². The van der Waals surface area contributed by atoms with Crippen molar-refractivity contribution in [1.82, 2.24) is 10.6 Å². The molecule has 1 atom stereocenters. The van der Waals surface area contributed by atoms with Gasteiger partial charge >= 0.3 is 6.03 Å². The first-order valence-electron chi connectivity index (χ1n) is 10.4. The maximum Gasteiger partial charge on any atom is 0.317 e. The van der Waals surface area contributed by atoms with Crippen LogP contribution in [0.5, 0.6) is 0 Å². The molecule has 0 radical (unpaired) electrons. The van der Waals surface area contributed by atoms with Crippen LogP contribution >= 0.6 is 0 Å². The summed E-state index contributed by atoms with van der Waals surface area (Å²) in [6, 6.07) is 12.7. The molecule has 0 fully saturated rings. The summed E-state index contributed by atoms with van der Waals surface area (Å²) in [6.45, 7) is 4.59. The van der Waals surface area contributed by atoms with E-state index < -0.39 is 30.2 Å². The number of aliphatic imine (C=N–C) groups is 1. The van der Waals surface area contributed by atoms with Crippen molar-refractivity contribution in [3.8, 4) is 0 Å². The number of fused-ring (bicyclic) bond motifs is 1. The molecule has 0 aromatic heterocycles. The van der Waals surface area contributed by atoms with E-state index in [0.29, 0.717) is 24.5 Å². The van der Waals surface area contributed by atoms with Gasteiger partial charge in [-0.05, 0) is 32.0 Å². The van der Waals surface area contributed by atoms with Crippen LogP contribution in [0.25, 0.3) is 0 Å². The lowest BCUT2D eigenvalue weighted by Gasteiger charge is -2.22. The third-order valence-corrected chi connectivity index (χ3v) is 4.87. The second kappa shape index (κ2) is 10.8. The lowest BCUT2D eigenvalue weighted by molar-refractivity contribution is -0.131. The van der Waals surface area contributed by atoms with Crippen molar-refractivity contribution in [2.75, 3.05) is 31.7 Å². The summed E-state index contributed by atoms with van der Waals surface area (Å²) in [7, 11) is 1.59. The number of urea groups is 1. The number of ether oxygens (including phenoxy) is 2. The Balaban J connectivity index is 1.89. The Kier molecular flexibility index (Phi) is 7.91. The standard InChI is InChI=1S/C23H27FN4O4/c1-4-31-19(32-5-2)14-25-23(30)27-21-22(29)28(3)18-13-9-7-11-16(18)20(26-21)15-10-6-8-12-17(15)24/h6-13,19,21H,4-5,14H2,1-3H3,(H2,25,27,30). The Morgan fingerprint density at radius 1 is 1.09 bits per heavy atom. The molecule has 0 aliphatic carbocycles. The maximum atomic E-state index is 14.6. The fraction of sp³-hybridized carbons (Fsp3) is 0.348. The summed E-state index contributed by atoms with van der Waals surface area (Å²) in [5.74, 6) is -0.928. The van der Waals surface area contributed by atoms with Crippen LogP contribution in [0, 0.1) is 5.82 Å². The number of rotatable bonds is 8. The number of benzodiazepines with no additional fused rings is 1. The smallest absolute Gasteiger partial charge is 0.317 e. The summed E-state index contributed by atoms with van der Waals surface area (Å²) in [6.07, 6.45) is -1.86. The molecule has 1 aliphatic rings. The Morgan fingerprint density at radius 3 is 2.38 bits per heavy atom. The minimum Gasteiger partial charge on any atom is -0.351 e. The number of carbonyl (C=O) groups is 2. The van der Waals surface area contributed by atoms with E-state index in [9.17, 15) is 14.0 Å². The summed E-state index contributed by atoms with van der Waals surface area (Å²) in [5.41, 5.74) is 1.68. The number of hydrogen-bond acceptors (Lipinski definition) is 5. The Hall–Kier alpha value is -3.30. The third kappa shape index (κ3) is 5.30. The molecular weight excluding hydrogens is 415 g/mol. The van der Waals surface area contributed by atoms with Crippen LogP contribution in [0.3, 0.4) is 0 Å². The Bertz CT molecular complexity index is 991. The predicted molar refractivity (Wildman–Crippen MR) is 119 cm³/mol. The van der Waals surface area contributed by atoms with Gasteiger partial charge < -0.3 is 25.0 Å². The van der Waals surface area contributed by atoms with E-state index in [1.165, 1.54) is 11.0 Å². The predicted octanol–water partition coefficient (Wildman–Crippen LogP) is 2.66. The highest BCUT2D eigenvalue weighted by atomic mass is 19.1. The lowest BCUT2D eigenvalue weighted by Crippen LogP contribution is -2.50. The topological polar surface area (TPSA) is 92.3 Å². The molecule has 1 unspecified atom stereocenters. The van der Waals surface area contributed by atoms with Gasteiger partial charge in [0.25, 0.3) is 5.91 Å². The van der Waals surface area contributed by atoms with Crippen LogP contribution in [0.1, 0.15) is 25.0 Å². The number of likely N-dealkylation sites (N-methyl/N-ethyl adjacent to an activating group) is 1. The van der Waals surface area contributed by atoms with Crippen LogP contribution in [0.15, 0.2) is 53.5 Å². The van der Waals surface area contributed by atoms with Gasteiger partial charge in [0.2, 0.25) is 6.17 Å². The Labute approximate surface area is 186 Å². The second-order valence-electron chi connectivity index (χ2n) is 6.97. The molecule has 8 nitrogen and oxygen atoms in total. The van der Waals surface area contributed by atoms with E-state index in [-0.39, 0.29) is 17.8 Å². The molecule has 0 spiro atoms. The van der Waals surface area contributed by atoms with Crippen molar-refractivity contribution in [2.45, 2.75) is 26.3 Å². The van der Waals surface area contributed by atoms with Gasteiger partial charge in [0.1, 0.15) is 5.82 Å². The van der Waals surface area contributed by atoms with E-state index in [4.69, 9.17) is 9.47 Å². The molecule has 1 aliphatic heterocycles. The number of para-hydroxylation sites is 1. The second-order valence-corrected chi connectivity index (χ2v) is 6.97. The summed E-state index contributed by atoms with van der Waals surface area (Å²) in [4.78, 5) is 31.5. The van der Waals surface area contributed by atoms with Crippen molar-refractivity contribution in [2.24, 2.45) is 4.99 Å². The van der Waals surface area contributed by atoms with Crippen LogP contribution in [0.4, 0.5) is 14.9 Å². The molecule has 9 heteroatoms. The molecule has 0 saturated carbocycles. The van der Waals surface area contributed by atoms with Crippen molar-refractivity contribution < 1.29 is 23.5 Å². The van der Waals surface area contributed by atoms with Crippen LogP contribution < -0.4 is 15.5 Å². The van der Waals surface area contributed by atoms with Gasteiger partial charge in [0, 0.05) is 31.4 Å². The van der Waals surface area contributed by atoms with Crippen molar-refractivity contribution in [1.29, 1.82) is 0 Å². The number of anilines is 1. The van der Waals surface area contributed by atoms with Crippen LogP contribution in [-0.4, -0.2) is 56.9 Å². The zero-order valence-electron chi connectivity index (χ0n) is 18.3. The average molecular weight is 442 g/mol. The quantitative estimate of drug-likeness (QED) is 0.615. The van der Waals surface area contributed by atoms with Crippen molar-refractivity contribution in [3.63, 3.8) is 0 Å². The summed E-state index contributed by atoms with van der Waals surface area (Å²) < 4.78 is 25.4. The van der Waals surface area contributed by atoms with Gasteiger partial charge in [-0.2, -0.15) is 0 Å². The highest BCUT2D eigenvalue weighted by Gasteiger charge is 2.31. The molecule has 3 rings (SSSR count). The zero-order chi connectivity index (χ0) is 23.1. The molecule has 3 amide bonds. The van der Waals surface area contributed by atoms with Gasteiger partial charge in [0.05, 0.1) is 17.9 Å². The monoisotopic (exact) mass is 442 g/mol. The highest BCUT2D eigenvalue weighted by Crippen LogP contribution is 2.27. The van der Waals surface area contributed by atoms with Gasteiger partial charge in [-0.1, -0.05) is 30.3 Å². The SMILES string of the molecule is CCOC(CNC(=O)NC1N=C(c2ccccc2F)c2ccccc2N(C)C1=O)OCC. The van der Waals surface area contributed by atoms with Gasteiger partial charge in [0.15, 0.2) is 6.29 Å². The number of nitrogens with one attached hydrogen (secondary N) is 2. The number of halogens is 1. The fourth-order valence-electron chi connectivity index (χ4n) is 3.37. The van der Waals surface area contributed by atoms with E-state index in [1.54, 1.807) is 49.5 Å². The number of hydrogen-bond donors (Lipinski definition) is 2.